The van der Waals surface area contributed by atoms with Crippen molar-refractivity contribution in [2.75, 3.05) is 26.8 Å². The number of pyridine rings is 1. The first kappa shape index (κ1) is 26.5. The summed E-state index contributed by atoms with van der Waals surface area (Å²) in [5, 5.41) is 3.11. The van der Waals surface area contributed by atoms with E-state index in [1.807, 2.05) is 24.3 Å². The zero-order valence-electron chi connectivity index (χ0n) is 21.6. The summed E-state index contributed by atoms with van der Waals surface area (Å²) in [6.07, 6.45) is 3.56. The number of piperidine rings is 1. The number of carbonyl (C=O) groups excluding carboxylic acids is 2. The van der Waals surface area contributed by atoms with Gasteiger partial charge in [-0.1, -0.05) is 12.1 Å². The van der Waals surface area contributed by atoms with Crippen LogP contribution >= 0.6 is 0 Å². The number of hydrogen-bond donors (Lipinski definition) is 1. The molecule has 1 saturated heterocycles. The van der Waals surface area contributed by atoms with Gasteiger partial charge in [0.05, 0.1) is 30.5 Å². The molecule has 1 spiro atoms. The van der Waals surface area contributed by atoms with Crippen molar-refractivity contribution in [3.63, 3.8) is 0 Å². The highest BCUT2D eigenvalue weighted by Gasteiger charge is 2.56. The molecule has 1 aliphatic heterocycles. The summed E-state index contributed by atoms with van der Waals surface area (Å²) < 4.78 is 53.0. The number of carbonyl (C=O) groups is 2. The molecule has 2 aromatic carbocycles. The molecule has 0 radical (unpaired) electrons. The Kier molecular flexibility index (Phi) is 7.20. The topological polar surface area (TPSA) is 80.8 Å². The predicted molar refractivity (Wildman–Crippen MR) is 137 cm³/mol. The molecule has 2 aliphatic rings. The van der Waals surface area contributed by atoms with Crippen LogP contribution in [0.4, 0.5) is 13.2 Å². The van der Waals surface area contributed by atoms with Gasteiger partial charge < -0.3 is 19.7 Å². The van der Waals surface area contributed by atoms with Crippen LogP contribution in [0.25, 0.3) is 11.3 Å². The third-order valence-electron chi connectivity index (χ3n) is 7.57. The number of benzene rings is 2. The van der Waals surface area contributed by atoms with Crippen LogP contribution in [0, 0.1) is 22.9 Å². The number of nitrogens with zero attached hydrogens (tertiary/aromatic N) is 2. The van der Waals surface area contributed by atoms with E-state index in [0.29, 0.717) is 49.0 Å². The van der Waals surface area contributed by atoms with Crippen molar-refractivity contribution < 1.29 is 32.2 Å². The molecule has 1 N–H and O–H groups in total. The number of nitrogens with one attached hydrogen (secondary N) is 1. The summed E-state index contributed by atoms with van der Waals surface area (Å²) in [5.74, 6) is -5.20. The van der Waals surface area contributed by atoms with Gasteiger partial charge in [0.25, 0.3) is 11.8 Å². The van der Waals surface area contributed by atoms with Gasteiger partial charge in [0.1, 0.15) is 5.75 Å². The molecule has 1 aliphatic carbocycles. The van der Waals surface area contributed by atoms with Gasteiger partial charge in [-0.3, -0.25) is 14.6 Å². The standard InChI is InChI=1S/C29H28F3N3O4/c1-3-39-26-23(31)20(15-21(30)24(26)32)28(37)35-12-9-29(10-13-35)16-22(29)34-27(36)19-8-5-11-33-25(19)17-6-4-7-18(14-17)38-2/h4-8,11,14-15,22H,3,9-10,12-13,16H2,1-2H3,(H,34,36). The number of amides is 2. The number of ether oxygens (including phenoxy) is 2. The maximum atomic E-state index is 14.8. The van der Waals surface area contributed by atoms with Crippen LogP contribution < -0.4 is 14.8 Å². The summed E-state index contributed by atoms with van der Waals surface area (Å²) in [6.45, 7) is 2.03. The van der Waals surface area contributed by atoms with Crippen LogP contribution in [0.3, 0.4) is 0 Å². The van der Waals surface area contributed by atoms with E-state index < -0.39 is 34.7 Å². The SMILES string of the molecule is CCOc1c(F)c(F)cc(C(=O)N2CCC3(CC2)CC3NC(=O)c2cccnc2-c2cccc(OC)c2)c1F. The minimum Gasteiger partial charge on any atom is -0.497 e. The lowest BCUT2D eigenvalue weighted by molar-refractivity contribution is 0.0661. The lowest BCUT2D eigenvalue weighted by Crippen LogP contribution is -2.42. The number of hydrogen-bond acceptors (Lipinski definition) is 5. The smallest absolute Gasteiger partial charge is 0.257 e. The summed E-state index contributed by atoms with van der Waals surface area (Å²) in [7, 11) is 1.57. The van der Waals surface area contributed by atoms with E-state index >= 15 is 0 Å². The third-order valence-corrected chi connectivity index (χ3v) is 7.57. The second-order valence-electron chi connectivity index (χ2n) is 9.81. The lowest BCUT2D eigenvalue weighted by Gasteiger charge is -2.33. The van der Waals surface area contributed by atoms with Crippen LogP contribution in [0.1, 0.15) is 46.9 Å². The second kappa shape index (κ2) is 10.6. The normalized spacial score (nSPS) is 17.6. The van der Waals surface area contributed by atoms with E-state index in [1.54, 1.807) is 25.4 Å². The predicted octanol–water partition coefficient (Wildman–Crippen LogP) is 5.00. The van der Waals surface area contributed by atoms with Crippen LogP contribution in [0.2, 0.25) is 0 Å². The number of aromatic nitrogens is 1. The first-order chi connectivity index (χ1) is 18.8. The van der Waals surface area contributed by atoms with Crippen LogP contribution in [0.5, 0.6) is 11.5 Å². The Balaban J connectivity index is 1.24. The van der Waals surface area contributed by atoms with Crippen LogP contribution in [-0.4, -0.2) is 54.5 Å². The summed E-state index contributed by atoms with van der Waals surface area (Å²) >= 11 is 0. The van der Waals surface area contributed by atoms with E-state index in [9.17, 15) is 22.8 Å². The molecule has 1 saturated carbocycles. The highest BCUT2D eigenvalue weighted by molar-refractivity contribution is 6.00. The van der Waals surface area contributed by atoms with E-state index in [2.05, 4.69) is 10.3 Å². The van der Waals surface area contributed by atoms with Crippen molar-refractivity contribution in [1.82, 2.24) is 15.2 Å². The zero-order chi connectivity index (χ0) is 27.7. The maximum Gasteiger partial charge on any atom is 0.257 e. The molecular weight excluding hydrogens is 511 g/mol. The molecule has 0 bridgehead atoms. The van der Waals surface area contributed by atoms with E-state index in [4.69, 9.17) is 9.47 Å². The Morgan fingerprint density at radius 3 is 2.56 bits per heavy atom. The molecule has 2 heterocycles. The maximum absolute atomic E-state index is 14.8. The Morgan fingerprint density at radius 2 is 1.85 bits per heavy atom. The van der Waals surface area contributed by atoms with Crippen molar-refractivity contribution in [1.29, 1.82) is 0 Å². The van der Waals surface area contributed by atoms with Gasteiger partial charge >= 0.3 is 0 Å². The number of halogens is 3. The lowest BCUT2D eigenvalue weighted by atomic mass is 9.92. The molecule has 1 atom stereocenters. The van der Waals surface area contributed by atoms with E-state index in [0.717, 1.165) is 12.0 Å². The average molecular weight is 540 g/mol. The van der Waals surface area contributed by atoms with Gasteiger partial charge in [0.2, 0.25) is 5.82 Å². The fourth-order valence-electron chi connectivity index (χ4n) is 5.26. The largest absolute Gasteiger partial charge is 0.497 e. The zero-order valence-corrected chi connectivity index (χ0v) is 21.6. The van der Waals surface area contributed by atoms with E-state index in [1.165, 1.54) is 11.8 Å². The van der Waals surface area contributed by atoms with Crippen molar-refractivity contribution in [3.8, 4) is 22.8 Å². The molecule has 2 amide bonds. The number of rotatable bonds is 7. The Hall–Kier alpha value is -4.08. The van der Waals surface area contributed by atoms with Crippen LogP contribution in [0.15, 0.2) is 48.7 Å². The highest BCUT2D eigenvalue weighted by atomic mass is 19.2. The summed E-state index contributed by atoms with van der Waals surface area (Å²) in [6, 6.07) is 11.3. The molecule has 204 valence electrons. The molecule has 39 heavy (non-hydrogen) atoms. The quantitative estimate of drug-likeness (QED) is 0.428. The molecule has 5 rings (SSSR count). The van der Waals surface area contributed by atoms with Gasteiger partial charge in [-0.25, -0.2) is 8.78 Å². The molecule has 1 unspecified atom stereocenters. The molecule has 7 nitrogen and oxygen atoms in total. The van der Waals surface area contributed by atoms with Gasteiger partial charge in [0.15, 0.2) is 17.4 Å². The first-order valence-electron chi connectivity index (χ1n) is 12.8. The molecule has 1 aromatic heterocycles. The van der Waals surface area contributed by atoms with Crippen molar-refractivity contribution >= 4 is 11.8 Å². The summed E-state index contributed by atoms with van der Waals surface area (Å²) in [5.41, 5.74) is 1.02. The van der Waals surface area contributed by atoms with Crippen molar-refractivity contribution in [2.24, 2.45) is 5.41 Å². The van der Waals surface area contributed by atoms with Gasteiger partial charge in [0, 0.05) is 30.9 Å². The fraction of sp³-hybridized carbons (Fsp3) is 0.345. The van der Waals surface area contributed by atoms with Crippen LogP contribution in [-0.2, 0) is 0 Å². The molecule has 3 aromatic rings. The monoisotopic (exact) mass is 539 g/mol. The van der Waals surface area contributed by atoms with Gasteiger partial charge in [-0.2, -0.15) is 4.39 Å². The highest BCUT2D eigenvalue weighted by Crippen LogP contribution is 2.54. The fourth-order valence-corrected chi connectivity index (χ4v) is 5.26. The molecule has 2 fully saturated rings. The van der Waals surface area contributed by atoms with E-state index in [-0.39, 0.29) is 24.0 Å². The minimum atomic E-state index is -1.46. The third kappa shape index (κ3) is 5.03. The van der Waals surface area contributed by atoms with Crippen molar-refractivity contribution in [3.05, 3.63) is 77.2 Å². The molecular formula is C29H28F3N3O4. The first-order valence-corrected chi connectivity index (χ1v) is 12.8. The minimum absolute atomic E-state index is 0.0785. The Morgan fingerprint density at radius 1 is 1.08 bits per heavy atom. The average Bonchev–Trinajstić information content (AvgIpc) is 3.62. The van der Waals surface area contributed by atoms with Crippen molar-refractivity contribution in [2.45, 2.75) is 32.2 Å². The van der Waals surface area contributed by atoms with Gasteiger partial charge in [-0.05, 0) is 61.9 Å². The number of methoxy groups -OCH3 is 1. The number of likely N-dealkylation sites (tertiary alicyclic amines) is 1. The summed E-state index contributed by atoms with van der Waals surface area (Å²) in [4.78, 5) is 32.1. The Labute approximate surface area is 223 Å². The Bertz CT molecular complexity index is 1420. The van der Waals surface area contributed by atoms with Gasteiger partial charge in [-0.15, -0.1) is 0 Å². The second-order valence-corrected chi connectivity index (χ2v) is 9.81. The molecule has 10 heteroatoms.